The zero-order valence-corrected chi connectivity index (χ0v) is 44.3. The molecule has 5 heterocycles. The number of nitrogens with zero attached hydrogens (tertiary/aromatic N) is 4. The SMILES string of the molecule is CCc1c2c(nc3ccccc13)-c1cc3c(c(=O)n1C2)COC(=O)[C@@]3(CC)OC(=O)[C@@H](NC(=O)[C@@H]1CCCN1C(=O)[C@H](CC(=O)OCCCN(C)C)NC(=O)CCOCCOCCOCCN)C(C)C.O=C(O)C(F)(F)F. The Morgan fingerprint density at radius 1 is 0.961 bits per heavy atom. The molecule has 4 atom stereocenters. The van der Waals surface area contributed by atoms with Gasteiger partial charge in [0.2, 0.25) is 23.3 Å². The number of para-hydroxylation sites is 1. The molecule has 1 aromatic carbocycles. The number of rotatable bonds is 26. The summed E-state index contributed by atoms with van der Waals surface area (Å²) in [4.78, 5) is 115. The van der Waals surface area contributed by atoms with Gasteiger partial charge < -0.3 is 64.3 Å². The van der Waals surface area contributed by atoms with E-state index in [9.17, 15) is 46.7 Å². The fraction of sp³-hybridized carbons (Fsp3) is 0.596. The number of pyridine rings is 2. The quantitative estimate of drug-likeness (QED) is 0.0399. The first-order valence-corrected chi connectivity index (χ1v) is 25.6. The van der Waals surface area contributed by atoms with Crippen LogP contribution in [0.25, 0.3) is 22.3 Å². The predicted octanol–water partition coefficient (Wildman–Crippen LogP) is 2.73. The number of esters is 3. The standard InChI is InChI=1S/C50H69N7O13.C2HF3O2/c1-7-32-33-13-9-10-14-37(33)53-44-34(32)29-57-40(44)27-36-35(46(57)61)30-69-49(64)50(36,8-2)70-48(63)43(31(3)4)54-45(60)39-15-11-19-56(39)47(62)38(28-42(59)68-20-12-18-55(5)6)52-41(58)16-21-65-23-25-67-26-24-66-22-17-51;3-2(4,5)1(6)7/h9-10,13-14,27,31,38-39,43H,7-8,11-12,15-26,28-30,51H2,1-6H3,(H,52,58)(H,54,60);(H,6,7)/t38-,39-,43-,50-;/m0./s1. The molecule has 3 amide bonds. The number of nitrogens with two attached hydrogens (primary N) is 1. The van der Waals surface area contributed by atoms with Crippen molar-refractivity contribution in [1.82, 2.24) is 30.0 Å². The smallest absolute Gasteiger partial charge is 0.475 e. The van der Waals surface area contributed by atoms with Gasteiger partial charge in [0, 0.05) is 42.6 Å². The Morgan fingerprint density at radius 2 is 1.62 bits per heavy atom. The number of hydrogen-bond acceptors (Lipinski definition) is 17. The average molecular weight is 1090 g/mol. The van der Waals surface area contributed by atoms with Gasteiger partial charge in [-0.2, -0.15) is 13.2 Å². The number of alkyl halides is 3. The fourth-order valence-electron chi connectivity index (χ4n) is 9.21. The maximum atomic E-state index is 14.4. The van der Waals surface area contributed by atoms with Gasteiger partial charge in [-0.05, 0) is 69.8 Å². The molecule has 25 heteroatoms. The minimum Gasteiger partial charge on any atom is -0.475 e. The van der Waals surface area contributed by atoms with Crippen molar-refractivity contribution in [3.8, 4) is 11.4 Å². The Bertz CT molecular complexity index is 2660. The molecule has 0 unspecified atom stereocenters. The normalized spacial score (nSPS) is 17.4. The van der Waals surface area contributed by atoms with Crippen molar-refractivity contribution in [2.24, 2.45) is 11.7 Å². The Balaban J connectivity index is 0.00000146. The Labute approximate surface area is 443 Å². The number of benzene rings is 1. The van der Waals surface area contributed by atoms with Crippen molar-refractivity contribution in [3.63, 3.8) is 0 Å². The summed E-state index contributed by atoms with van der Waals surface area (Å²) < 4.78 is 66.8. The molecule has 3 aromatic rings. The lowest BCUT2D eigenvalue weighted by molar-refractivity contribution is -0.192. The second-order valence-electron chi connectivity index (χ2n) is 19.1. The van der Waals surface area contributed by atoms with Gasteiger partial charge in [-0.3, -0.25) is 24.0 Å². The number of carboxylic acid groups (broad SMARTS) is 1. The number of cyclic esters (lactones) is 1. The maximum absolute atomic E-state index is 14.4. The number of hydrogen-bond donors (Lipinski definition) is 4. The van der Waals surface area contributed by atoms with Crippen LogP contribution in [0.3, 0.4) is 0 Å². The van der Waals surface area contributed by atoms with Gasteiger partial charge in [-0.1, -0.05) is 45.9 Å². The largest absolute Gasteiger partial charge is 0.490 e. The van der Waals surface area contributed by atoms with Crippen LogP contribution >= 0.6 is 0 Å². The molecular weight excluding hydrogens is 1020 g/mol. The summed E-state index contributed by atoms with van der Waals surface area (Å²) >= 11 is 0. The molecule has 1 fully saturated rings. The monoisotopic (exact) mass is 1090 g/mol. The summed E-state index contributed by atoms with van der Waals surface area (Å²) in [6.45, 7) is 10.0. The molecular formula is C52H70F3N7O15. The third-order valence-electron chi connectivity index (χ3n) is 13.1. The van der Waals surface area contributed by atoms with E-state index in [1.165, 1.54) is 4.90 Å². The van der Waals surface area contributed by atoms with E-state index in [4.69, 9.17) is 49.0 Å². The number of carbonyl (C=O) groups excluding carboxylic acids is 6. The third kappa shape index (κ3) is 15.6. The van der Waals surface area contributed by atoms with Crippen LogP contribution in [0, 0.1) is 5.92 Å². The molecule has 1 saturated heterocycles. The highest BCUT2D eigenvalue weighted by Crippen LogP contribution is 2.42. The Kier molecular flexibility index (Phi) is 22.4. The number of likely N-dealkylation sites (tertiary alicyclic amines) is 1. The van der Waals surface area contributed by atoms with Gasteiger partial charge in [0.05, 0.1) is 81.7 Å². The van der Waals surface area contributed by atoms with E-state index >= 15 is 0 Å². The molecule has 0 saturated carbocycles. The number of halogens is 3. The van der Waals surface area contributed by atoms with Crippen LogP contribution in [-0.4, -0.2) is 170 Å². The van der Waals surface area contributed by atoms with E-state index in [-0.39, 0.29) is 82.1 Å². The van der Waals surface area contributed by atoms with Crippen molar-refractivity contribution in [3.05, 3.63) is 62.9 Å². The van der Waals surface area contributed by atoms with Gasteiger partial charge in [0.15, 0.2) is 0 Å². The summed E-state index contributed by atoms with van der Waals surface area (Å²) in [6, 6.07) is 5.70. The van der Waals surface area contributed by atoms with Crippen molar-refractivity contribution in [1.29, 1.82) is 0 Å². The van der Waals surface area contributed by atoms with Gasteiger partial charge in [0.1, 0.15) is 24.7 Å². The highest BCUT2D eigenvalue weighted by molar-refractivity contribution is 5.96. The maximum Gasteiger partial charge on any atom is 0.490 e. The van der Waals surface area contributed by atoms with E-state index in [2.05, 4.69) is 10.6 Å². The molecule has 22 nitrogen and oxygen atoms in total. The van der Waals surface area contributed by atoms with Crippen LogP contribution in [0.5, 0.6) is 0 Å². The fourth-order valence-corrected chi connectivity index (χ4v) is 9.21. The molecule has 0 radical (unpaired) electrons. The summed E-state index contributed by atoms with van der Waals surface area (Å²) in [7, 11) is 3.78. The van der Waals surface area contributed by atoms with Crippen molar-refractivity contribution in [2.45, 2.75) is 116 Å². The number of carbonyl (C=O) groups is 7. The highest BCUT2D eigenvalue weighted by Gasteiger charge is 2.52. The number of carboxylic acids is 1. The van der Waals surface area contributed by atoms with Crippen LogP contribution in [-0.2, 0) is 87.2 Å². The average Bonchev–Trinajstić information content (AvgIpc) is 4.16. The molecule has 5 N–H and O–H groups in total. The van der Waals surface area contributed by atoms with E-state index in [1.807, 2.05) is 50.2 Å². The van der Waals surface area contributed by atoms with Crippen LogP contribution in [0.4, 0.5) is 13.2 Å². The second kappa shape index (κ2) is 28.2. The molecule has 6 rings (SSSR count). The zero-order valence-electron chi connectivity index (χ0n) is 44.3. The predicted molar refractivity (Wildman–Crippen MR) is 270 cm³/mol. The van der Waals surface area contributed by atoms with E-state index < -0.39 is 83.8 Å². The Hall–Kier alpha value is -6.54. The first kappa shape index (κ1) is 61.3. The van der Waals surface area contributed by atoms with Crippen LogP contribution in [0.2, 0.25) is 0 Å². The number of ether oxygens (including phenoxy) is 6. The number of aromatic nitrogens is 2. The minimum atomic E-state index is -5.08. The summed E-state index contributed by atoms with van der Waals surface area (Å²) in [5.41, 5.74) is 7.18. The molecule has 3 aliphatic heterocycles. The second-order valence-corrected chi connectivity index (χ2v) is 19.1. The first-order chi connectivity index (χ1) is 36.6. The third-order valence-corrected chi connectivity index (χ3v) is 13.1. The lowest BCUT2D eigenvalue weighted by atomic mass is 9.85. The van der Waals surface area contributed by atoms with Gasteiger partial charge in [-0.25, -0.2) is 19.4 Å². The highest BCUT2D eigenvalue weighted by atomic mass is 19.4. The molecule has 77 heavy (non-hydrogen) atoms. The van der Waals surface area contributed by atoms with E-state index in [0.717, 1.165) is 22.0 Å². The molecule has 0 aliphatic carbocycles. The number of amides is 3. The van der Waals surface area contributed by atoms with Crippen molar-refractivity contribution < 1.29 is 80.3 Å². The van der Waals surface area contributed by atoms with E-state index in [1.54, 1.807) is 31.4 Å². The first-order valence-electron chi connectivity index (χ1n) is 25.6. The van der Waals surface area contributed by atoms with Gasteiger partial charge in [0.25, 0.3) is 5.56 Å². The molecule has 424 valence electrons. The number of aryl methyl sites for hydroxylation is 1. The molecule has 2 aromatic heterocycles. The Morgan fingerprint density at radius 3 is 2.25 bits per heavy atom. The van der Waals surface area contributed by atoms with Crippen LogP contribution < -0.4 is 21.9 Å². The molecule has 3 aliphatic rings. The number of aliphatic carboxylic acids is 1. The molecule has 0 spiro atoms. The van der Waals surface area contributed by atoms with Crippen molar-refractivity contribution in [2.75, 3.05) is 80.0 Å². The lowest BCUT2D eigenvalue weighted by Crippen LogP contribution is -2.57. The van der Waals surface area contributed by atoms with E-state index in [0.29, 0.717) is 63.6 Å². The van der Waals surface area contributed by atoms with Gasteiger partial charge in [-0.15, -0.1) is 0 Å². The zero-order chi connectivity index (χ0) is 56.6. The summed E-state index contributed by atoms with van der Waals surface area (Å²) in [5, 5.41) is 13.5. The topological polar surface area (TPSA) is 287 Å². The molecule has 0 bridgehead atoms. The lowest BCUT2D eigenvalue weighted by Gasteiger charge is -2.37. The van der Waals surface area contributed by atoms with Gasteiger partial charge >= 0.3 is 30.1 Å². The summed E-state index contributed by atoms with van der Waals surface area (Å²) in [6.07, 6.45) is -3.89. The van der Waals surface area contributed by atoms with Crippen LogP contribution in [0.1, 0.15) is 88.5 Å². The summed E-state index contributed by atoms with van der Waals surface area (Å²) in [5.74, 6) is -7.74. The number of nitrogens with one attached hydrogen (secondary N) is 2. The van der Waals surface area contributed by atoms with Crippen molar-refractivity contribution >= 4 is 52.5 Å². The van der Waals surface area contributed by atoms with Crippen LogP contribution in [0.15, 0.2) is 35.1 Å². The minimum absolute atomic E-state index is 0.0143. The number of fused-ring (bicyclic) bond motifs is 5.